The summed E-state index contributed by atoms with van der Waals surface area (Å²) < 4.78 is 32.5. The summed E-state index contributed by atoms with van der Waals surface area (Å²) in [4.78, 5) is 35.8. The first-order chi connectivity index (χ1) is 19.1. The Hall–Kier alpha value is -3.72. The molecule has 12 heteroatoms. The van der Waals surface area contributed by atoms with E-state index in [1.807, 2.05) is 27.7 Å². The van der Waals surface area contributed by atoms with Crippen LogP contribution in [0.4, 0.5) is 14.6 Å². The monoisotopic (exact) mass is 570 g/mol. The minimum absolute atomic E-state index is 0.0974. The van der Waals surface area contributed by atoms with Gasteiger partial charge in [0.15, 0.2) is 10.5 Å². The zero-order chi connectivity index (χ0) is 29.0. The van der Waals surface area contributed by atoms with Crippen LogP contribution >= 0.6 is 11.8 Å². The highest BCUT2D eigenvalue weighted by Crippen LogP contribution is 2.38. The molecule has 2 aliphatic heterocycles. The van der Waals surface area contributed by atoms with Crippen molar-refractivity contribution >= 4 is 34.6 Å². The summed E-state index contributed by atoms with van der Waals surface area (Å²) in [5.74, 6) is 6.54. The van der Waals surface area contributed by atoms with Gasteiger partial charge in [-0.25, -0.2) is 13.8 Å². The van der Waals surface area contributed by atoms with Crippen molar-refractivity contribution in [3.63, 3.8) is 0 Å². The highest BCUT2D eigenvalue weighted by molar-refractivity contribution is 8.14. The fraction of sp³-hybridized carbons (Fsp3) is 0.464. The van der Waals surface area contributed by atoms with Gasteiger partial charge < -0.3 is 4.74 Å². The van der Waals surface area contributed by atoms with Gasteiger partial charge in [-0.2, -0.15) is 5.10 Å². The van der Waals surface area contributed by atoms with E-state index in [0.717, 1.165) is 12.8 Å². The van der Waals surface area contributed by atoms with E-state index >= 15 is 0 Å². The average Bonchev–Trinajstić information content (AvgIpc) is 3.59. The molecular formula is C28H32F2N6O3S. The topological polar surface area (TPSA) is 109 Å². The van der Waals surface area contributed by atoms with Crippen LogP contribution in [0.1, 0.15) is 69.4 Å². The molecule has 5 rings (SSSR count). The van der Waals surface area contributed by atoms with Gasteiger partial charge in [0.05, 0.1) is 18.9 Å². The number of nitrogens with zero attached hydrogens (tertiary/aromatic N) is 4. The van der Waals surface area contributed by atoms with E-state index in [-0.39, 0.29) is 39.1 Å². The molecule has 1 aliphatic carbocycles. The van der Waals surface area contributed by atoms with Crippen LogP contribution < -0.4 is 20.4 Å². The maximum Gasteiger partial charge on any atom is 0.280 e. The Labute approximate surface area is 236 Å². The number of alkyl halides is 2. The van der Waals surface area contributed by atoms with Gasteiger partial charge in [-0.15, -0.1) is 0 Å². The number of methoxy groups -OCH3 is 1. The fourth-order valence-corrected chi connectivity index (χ4v) is 4.93. The van der Waals surface area contributed by atoms with Crippen LogP contribution in [-0.4, -0.2) is 46.0 Å². The van der Waals surface area contributed by atoms with Crippen LogP contribution in [0, 0.1) is 23.2 Å². The molecule has 0 bridgehead atoms. The lowest BCUT2D eigenvalue weighted by Gasteiger charge is -2.21. The Morgan fingerprint density at radius 3 is 2.58 bits per heavy atom. The number of amidine groups is 1. The molecule has 1 unspecified atom stereocenters. The summed E-state index contributed by atoms with van der Waals surface area (Å²) in [5.41, 5.74) is 2.75. The molecule has 2 fully saturated rings. The minimum Gasteiger partial charge on any atom is -0.494 e. The second kappa shape index (κ2) is 12.2. The van der Waals surface area contributed by atoms with Crippen LogP contribution in [0.5, 0.6) is 5.75 Å². The first-order valence-electron chi connectivity index (χ1n) is 13.1. The molecule has 0 aromatic carbocycles. The van der Waals surface area contributed by atoms with Gasteiger partial charge in [0.2, 0.25) is 5.91 Å². The number of aromatic nitrogens is 2. The number of anilines is 1. The lowest BCUT2D eigenvalue weighted by atomic mass is 9.93. The third-order valence-corrected chi connectivity index (χ3v) is 7.15. The molecule has 2 amide bonds. The largest absolute Gasteiger partial charge is 0.494 e. The highest BCUT2D eigenvalue weighted by atomic mass is 32.2. The van der Waals surface area contributed by atoms with Crippen molar-refractivity contribution in [1.82, 2.24) is 20.7 Å². The molecule has 0 spiro atoms. The molecule has 40 heavy (non-hydrogen) atoms. The van der Waals surface area contributed by atoms with Gasteiger partial charge in [0.25, 0.3) is 12.3 Å². The van der Waals surface area contributed by atoms with Crippen LogP contribution in [-0.2, 0) is 4.79 Å². The zero-order valence-corrected chi connectivity index (χ0v) is 23.9. The van der Waals surface area contributed by atoms with Crippen LogP contribution in [0.15, 0.2) is 29.6 Å². The molecular weight excluding hydrogens is 538 g/mol. The summed E-state index contributed by atoms with van der Waals surface area (Å²) >= 11 is 1.27. The van der Waals surface area contributed by atoms with E-state index in [9.17, 15) is 18.4 Å². The Morgan fingerprint density at radius 2 is 1.95 bits per heavy atom. The maximum absolute atomic E-state index is 13.6. The number of carbonyl (C=O) groups is 2. The van der Waals surface area contributed by atoms with E-state index in [0.29, 0.717) is 29.9 Å². The molecule has 1 saturated heterocycles. The lowest BCUT2D eigenvalue weighted by Crippen LogP contribution is -2.30. The highest BCUT2D eigenvalue weighted by Gasteiger charge is 2.37. The summed E-state index contributed by atoms with van der Waals surface area (Å²) in [6, 6.07) is 2.73. The number of ether oxygens (including phenoxy) is 1. The number of rotatable bonds is 5. The molecule has 1 atom stereocenters. The summed E-state index contributed by atoms with van der Waals surface area (Å²) in [5, 5.41) is 6.94. The van der Waals surface area contributed by atoms with Crippen LogP contribution in [0.2, 0.25) is 0 Å². The van der Waals surface area contributed by atoms with Gasteiger partial charge in [0, 0.05) is 36.2 Å². The summed E-state index contributed by atoms with van der Waals surface area (Å²) in [7, 11) is 1.38. The number of halogens is 2. The standard InChI is InChI=1S/C26H26F2N6O3S.C2H6/c1-26(2)10-22(35)34(13-26)20-9-15(16-8-18(23(27)28)29-12-19(16)37-3)17(11-30-20)24(36)31-25-33-32-21(38-25)7-6-14-4-5-14;1-2/h8-9,11-12,14,21,23,32H,4-5,10,13H2,1-3H3,(H,31,33,36);1-2H3. The molecule has 3 aliphatic rings. The smallest absolute Gasteiger partial charge is 0.280 e. The van der Waals surface area contributed by atoms with Crippen molar-refractivity contribution in [3.8, 4) is 28.7 Å². The summed E-state index contributed by atoms with van der Waals surface area (Å²) in [6.45, 7) is 8.39. The van der Waals surface area contributed by atoms with Gasteiger partial charge in [-0.05, 0) is 42.2 Å². The molecule has 0 radical (unpaired) electrons. The number of hydrazone groups is 1. The number of nitrogens with one attached hydrogen (secondary N) is 2. The van der Waals surface area contributed by atoms with Crippen molar-refractivity contribution in [2.24, 2.45) is 16.4 Å². The molecule has 2 aromatic rings. The minimum atomic E-state index is -2.83. The quantitative estimate of drug-likeness (QED) is 0.490. The average molecular weight is 571 g/mol. The zero-order valence-electron chi connectivity index (χ0n) is 23.0. The molecule has 2 aromatic heterocycles. The SMILES string of the molecule is CC.COc1cnc(C(F)F)cc1-c1cc(N2CC(C)(C)CC2=O)ncc1C(=O)NC1=NNC(C#CC2CC2)S1. The molecule has 2 N–H and O–H groups in total. The number of amides is 2. The van der Waals surface area contributed by atoms with E-state index in [4.69, 9.17) is 4.74 Å². The molecule has 212 valence electrons. The van der Waals surface area contributed by atoms with E-state index in [2.05, 4.69) is 37.7 Å². The Kier molecular flexibility index (Phi) is 8.93. The van der Waals surface area contributed by atoms with Crippen molar-refractivity contribution < 1.29 is 23.1 Å². The van der Waals surface area contributed by atoms with Crippen molar-refractivity contribution in [2.45, 2.75) is 58.8 Å². The van der Waals surface area contributed by atoms with Gasteiger partial charge in [-0.1, -0.05) is 39.5 Å². The van der Waals surface area contributed by atoms with Crippen molar-refractivity contribution in [3.05, 3.63) is 35.8 Å². The maximum atomic E-state index is 13.6. The number of hydrogen-bond donors (Lipinski definition) is 2. The van der Waals surface area contributed by atoms with Crippen LogP contribution in [0.25, 0.3) is 11.1 Å². The molecule has 4 heterocycles. The van der Waals surface area contributed by atoms with E-state index in [1.54, 1.807) is 6.07 Å². The summed E-state index contributed by atoms with van der Waals surface area (Å²) in [6.07, 6.45) is 2.24. The van der Waals surface area contributed by atoms with Crippen molar-refractivity contribution in [2.75, 3.05) is 18.6 Å². The van der Waals surface area contributed by atoms with Gasteiger partial charge in [-0.3, -0.25) is 30.2 Å². The number of pyridine rings is 2. The Balaban J connectivity index is 0.00000181. The third-order valence-electron chi connectivity index (χ3n) is 6.28. The van der Waals surface area contributed by atoms with E-state index < -0.39 is 18.0 Å². The molecule has 1 saturated carbocycles. The second-order valence-electron chi connectivity index (χ2n) is 10.1. The second-order valence-corrected chi connectivity index (χ2v) is 11.2. The lowest BCUT2D eigenvalue weighted by molar-refractivity contribution is -0.117. The van der Waals surface area contributed by atoms with Crippen LogP contribution in [0.3, 0.4) is 0 Å². The Bertz CT molecular complexity index is 1380. The number of carbonyl (C=O) groups excluding carboxylic acids is 2. The first-order valence-corrected chi connectivity index (χ1v) is 14.0. The van der Waals surface area contributed by atoms with Gasteiger partial charge in [0.1, 0.15) is 17.3 Å². The first kappa shape index (κ1) is 29.3. The number of thioether (sulfide) groups is 1. The fourth-order valence-electron chi connectivity index (χ4n) is 4.22. The normalized spacial score (nSPS) is 19.2. The number of hydrogen-bond acceptors (Lipinski definition) is 8. The molecule has 9 nitrogen and oxygen atoms in total. The van der Waals surface area contributed by atoms with E-state index in [1.165, 1.54) is 42.2 Å². The third kappa shape index (κ3) is 6.70. The van der Waals surface area contributed by atoms with Crippen molar-refractivity contribution in [1.29, 1.82) is 0 Å². The van der Waals surface area contributed by atoms with Gasteiger partial charge >= 0.3 is 0 Å². The Morgan fingerprint density at radius 1 is 1.20 bits per heavy atom. The predicted octanol–water partition coefficient (Wildman–Crippen LogP) is 4.96. The predicted molar refractivity (Wildman–Crippen MR) is 151 cm³/mol.